The van der Waals surface area contributed by atoms with E-state index >= 15 is 0 Å². The molecule has 1 amide bonds. The SMILES string of the molecule is Cc1ccc(CNC(=O)Cn2c(=O)n(-c3ccc(C)cc3)c(=O)c3oc4ccccc4c32)cc1. The van der Waals surface area contributed by atoms with Gasteiger partial charge in [-0.2, -0.15) is 0 Å². The largest absolute Gasteiger partial charge is 0.449 e. The molecule has 3 aromatic carbocycles. The number of benzene rings is 3. The minimum absolute atomic E-state index is 0.0349. The molecule has 0 spiro atoms. The third kappa shape index (κ3) is 3.81. The maximum Gasteiger partial charge on any atom is 0.336 e. The summed E-state index contributed by atoms with van der Waals surface area (Å²) in [6.45, 7) is 4.00. The van der Waals surface area contributed by atoms with Crippen molar-refractivity contribution in [2.24, 2.45) is 0 Å². The van der Waals surface area contributed by atoms with E-state index in [1.54, 1.807) is 36.4 Å². The molecule has 0 aliphatic rings. The molecule has 34 heavy (non-hydrogen) atoms. The molecular weight excluding hydrogens is 430 g/mol. The van der Waals surface area contributed by atoms with Crippen molar-refractivity contribution in [1.29, 1.82) is 0 Å². The first-order chi connectivity index (χ1) is 16.4. The second-order valence-electron chi connectivity index (χ2n) is 8.38. The van der Waals surface area contributed by atoms with E-state index < -0.39 is 11.2 Å². The second kappa shape index (κ2) is 8.51. The number of aromatic nitrogens is 2. The minimum Gasteiger partial charge on any atom is -0.449 e. The fourth-order valence-corrected chi connectivity index (χ4v) is 4.02. The van der Waals surface area contributed by atoms with Crippen LogP contribution in [0.3, 0.4) is 0 Å². The molecule has 2 heterocycles. The number of rotatable bonds is 5. The van der Waals surface area contributed by atoms with E-state index in [9.17, 15) is 14.4 Å². The molecule has 0 unspecified atom stereocenters. The van der Waals surface area contributed by atoms with Gasteiger partial charge in [-0.15, -0.1) is 0 Å². The first-order valence-electron chi connectivity index (χ1n) is 11.0. The van der Waals surface area contributed by atoms with Crippen LogP contribution in [0.2, 0.25) is 0 Å². The average molecular weight is 453 g/mol. The number of hydrogen-bond donors (Lipinski definition) is 1. The van der Waals surface area contributed by atoms with E-state index in [1.165, 1.54) is 4.57 Å². The van der Waals surface area contributed by atoms with Gasteiger partial charge >= 0.3 is 11.2 Å². The van der Waals surface area contributed by atoms with Crippen LogP contribution in [0.25, 0.3) is 27.8 Å². The summed E-state index contributed by atoms with van der Waals surface area (Å²) >= 11 is 0. The molecule has 170 valence electrons. The molecular formula is C27H23N3O4. The summed E-state index contributed by atoms with van der Waals surface area (Å²) in [5.74, 6) is -0.344. The fourth-order valence-electron chi connectivity index (χ4n) is 4.02. The smallest absolute Gasteiger partial charge is 0.336 e. The Hall–Kier alpha value is -4.39. The lowest BCUT2D eigenvalue weighted by atomic mass is 10.1. The van der Waals surface area contributed by atoms with E-state index in [0.717, 1.165) is 21.3 Å². The van der Waals surface area contributed by atoms with Gasteiger partial charge in [0.25, 0.3) is 0 Å². The Balaban J connectivity index is 1.62. The summed E-state index contributed by atoms with van der Waals surface area (Å²) in [4.78, 5) is 39.8. The summed E-state index contributed by atoms with van der Waals surface area (Å²) in [7, 11) is 0. The van der Waals surface area contributed by atoms with Crippen LogP contribution in [0.5, 0.6) is 0 Å². The second-order valence-corrected chi connectivity index (χ2v) is 8.38. The van der Waals surface area contributed by atoms with Crippen molar-refractivity contribution >= 4 is 28.0 Å². The van der Waals surface area contributed by atoms with E-state index in [4.69, 9.17) is 4.42 Å². The highest BCUT2D eigenvalue weighted by Crippen LogP contribution is 2.25. The molecule has 0 aliphatic carbocycles. The zero-order valence-electron chi connectivity index (χ0n) is 18.9. The van der Waals surface area contributed by atoms with E-state index in [2.05, 4.69) is 5.32 Å². The summed E-state index contributed by atoms with van der Waals surface area (Å²) in [6.07, 6.45) is 0. The standard InChI is InChI=1S/C27H23N3O4/c1-17-7-11-19(12-8-17)15-28-23(31)16-29-24-21-5-3-4-6-22(21)34-25(24)26(32)30(27(29)33)20-13-9-18(2)10-14-20/h3-14H,15-16H2,1-2H3,(H,28,31). The number of carbonyl (C=O) groups excluding carboxylic acids is 1. The first-order valence-corrected chi connectivity index (χ1v) is 11.0. The van der Waals surface area contributed by atoms with E-state index in [-0.39, 0.29) is 18.0 Å². The van der Waals surface area contributed by atoms with Crippen molar-refractivity contribution in [2.45, 2.75) is 26.9 Å². The maximum absolute atomic E-state index is 13.6. The van der Waals surface area contributed by atoms with Crippen molar-refractivity contribution < 1.29 is 9.21 Å². The Kier molecular flexibility index (Phi) is 5.37. The van der Waals surface area contributed by atoms with Crippen LogP contribution in [0.1, 0.15) is 16.7 Å². The Bertz CT molecular complexity index is 1640. The molecule has 5 aromatic rings. The summed E-state index contributed by atoms with van der Waals surface area (Å²) in [5, 5.41) is 3.47. The predicted octanol–water partition coefficient (Wildman–Crippen LogP) is 3.83. The van der Waals surface area contributed by atoms with Gasteiger partial charge in [0.05, 0.1) is 5.69 Å². The number of fused-ring (bicyclic) bond motifs is 3. The number of nitrogens with one attached hydrogen (secondary N) is 1. The zero-order chi connectivity index (χ0) is 23.8. The fraction of sp³-hybridized carbons (Fsp3) is 0.148. The highest BCUT2D eigenvalue weighted by molar-refractivity contribution is 6.02. The van der Waals surface area contributed by atoms with Gasteiger partial charge < -0.3 is 9.73 Å². The van der Waals surface area contributed by atoms with Gasteiger partial charge in [-0.05, 0) is 43.7 Å². The molecule has 0 aliphatic heterocycles. The Morgan fingerprint density at radius 1 is 0.882 bits per heavy atom. The number of aryl methyl sites for hydroxylation is 2. The molecule has 0 atom stereocenters. The lowest BCUT2D eigenvalue weighted by Gasteiger charge is -2.12. The zero-order valence-corrected chi connectivity index (χ0v) is 18.9. The van der Waals surface area contributed by atoms with Gasteiger partial charge in [0, 0.05) is 11.9 Å². The van der Waals surface area contributed by atoms with Crippen molar-refractivity contribution in [3.05, 3.63) is 110 Å². The third-order valence-corrected chi connectivity index (χ3v) is 5.86. The van der Waals surface area contributed by atoms with Crippen LogP contribution >= 0.6 is 0 Å². The van der Waals surface area contributed by atoms with Crippen molar-refractivity contribution in [2.75, 3.05) is 0 Å². The molecule has 0 saturated heterocycles. The number of carbonyl (C=O) groups is 1. The van der Waals surface area contributed by atoms with Crippen LogP contribution in [0.15, 0.2) is 86.8 Å². The third-order valence-electron chi connectivity index (χ3n) is 5.86. The predicted molar refractivity (Wildman–Crippen MR) is 131 cm³/mol. The van der Waals surface area contributed by atoms with Crippen molar-refractivity contribution in [1.82, 2.24) is 14.5 Å². The van der Waals surface area contributed by atoms with Crippen LogP contribution in [-0.2, 0) is 17.9 Å². The molecule has 7 nitrogen and oxygen atoms in total. The average Bonchev–Trinajstić information content (AvgIpc) is 3.23. The van der Waals surface area contributed by atoms with Gasteiger partial charge in [-0.1, -0.05) is 59.7 Å². The summed E-state index contributed by atoms with van der Waals surface area (Å²) in [6, 6.07) is 22.0. The van der Waals surface area contributed by atoms with Crippen molar-refractivity contribution in [3.8, 4) is 5.69 Å². The lowest BCUT2D eigenvalue weighted by molar-refractivity contribution is -0.121. The highest BCUT2D eigenvalue weighted by Gasteiger charge is 2.22. The number of para-hydroxylation sites is 1. The number of amides is 1. The molecule has 7 heteroatoms. The molecule has 0 bridgehead atoms. The number of hydrogen-bond acceptors (Lipinski definition) is 4. The quantitative estimate of drug-likeness (QED) is 0.438. The van der Waals surface area contributed by atoms with Crippen LogP contribution in [0, 0.1) is 13.8 Å². The van der Waals surface area contributed by atoms with Gasteiger partial charge in [-0.3, -0.25) is 14.2 Å². The molecule has 2 aromatic heterocycles. The van der Waals surface area contributed by atoms with E-state index in [1.807, 2.05) is 50.2 Å². The van der Waals surface area contributed by atoms with Gasteiger partial charge in [-0.25, -0.2) is 9.36 Å². The first kappa shape index (κ1) is 21.5. The Morgan fingerprint density at radius 2 is 1.53 bits per heavy atom. The molecule has 5 rings (SSSR count). The van der Waals surface area contributed by atoms with Crippen molar-refractivity contribution in [3.63, 3.8) is 0 Å². The molecule has 0 saturated carbocycles. The minimum atomic E-state index is -0.599. The highest BCUT2D eigenvalue weighted by atomic mass is 16.3. The lowest BCUT2D eigenvalue weighted by Crippen LogP contribution is -2.41. The van der Waals surface area contributed by atoms with Crippen LogP contribution < -0.4 is 16.6 Å². The molecule has 1 N–H and O–H groups in total. The maximum atomic E-state index is 13.6. The summed E-state index contributed by atoms with van der Waals surface area (Å²) < 4.78 is 8.23. The Labute approximate surface area is 194 Å². The monoisotopic (exact) mass is 453 g/mol. The molecule has 0 fully saturated rings. The van der Waals surface area contributed by atoms with E-state index in [0.29, 0.717) is 28.7 Å². The topological polar surface area (TPSA) is 86.2 Å². The number of nitrogens with zero attached hydrogens (tertiary/aromatic N) is 2. The normalized spacial score (nSPS) is 11.2. The Morgan fingerprint density at radius 3 is 2.24 bits per heavy atom. The van der Waals surface area contributed by atoms with Gasteiger partial charge in [0.1, 0.15) is 17.6 Å². The number of furan rings is 1. The summed E-state index contributed by atoms with van der Waals surface area (Å²) in [5.41, 5.74) is 3.17. The van der Waals surface area contributed by atoms with Gasteiger partial charge in [0.2, 0.25) is 11.5 Å². The van der Waals surface area contributed by atoms with Gasteiger partial charge in [0.15, 0.2) is 0 Å². The van der Waals surface area contributed by atoms with Crippen LogP contribution in [0.4, 0.5) is 0 Å². The molecule has 0 radical (unpaired) electrons. The van der Waals surface area contributed by atoms with Crippen LogP contribution in [-0.4, -0.2) is 15.0 Å².